The lowest BCUT2D eigenvalue weighted by molar-refractivity contribution is 0.399. The number of ether oxygens (including phenoxy) is 1. The minimum atomic E-state index is -1.19. The van der Waals surface area contributed by atoms with Gasteiger partial charge in [-0.2, -0.15) is 0 Å². The number of hydrogen-bond donors (Lipinski definition) is 3. The van der Waals surface area contributed by atoms with Crippen LogP contribution in [0.4, 0.5) is 0 Å². The van der Waals surface area contributed by atoms with Gasteiger partial charge in [-0.25, -0.2) is 4.99 Å². The zero-order chi connectivity index (χ0) is 18.1. The third kappa shape index (κ3) is 2.48. The number of hydrogen-bond acceptors (Lipinski definition) is 6. The van der Waals surface area contributed by atoms with Crippen molar-refractivity contribution in [3.05, 3.63) is 78.1 Å². The van der Waals surface area contributed by atoms with Crippen molar-refractivity contribution in [1.82, 2.24) is 10.3 Å². The average molecular weight is 345 g/mol. The Hall–Kier alpha value is -3.38. The SMILES string of the molecule is COc1ccccc1C1(N)N=C(N)NC=C1c1cccc2ncccc12. The molecule has 3 aromatic rings. The number of nitrogens with one attached hydrogen (secondary N) is 1. The van der Waals surface area contributed by atoms with E-state index in [0.29, 0.717) is 5.75 Å². The van der Waals surface area contributed by atoms with Crippen molar-refractivity contribution in [3.8, 4) is 5.75 Å². The highest BCUT2D eigenvalue weighted by molar-refractivity contribution is 5.97. The fourth-order valence-electron chi connectivity index (χ4n) is 3.32. The first kappa shape index (κ1) is 16.1. The summed E-state index contributed by atoms with van der Waals surface area (Å²) in [6.07, 6.45) is 3.57. The van der Waals surface area contributed by atoms with E-state index < -0.39 is 5.66 Å². The number of benzene rings is 2. The molecule has 1 aromatic heterocycles. The first-order valence-corrected chi connectivity index (χ1v) is 8.22. The Balaban J connectivity index is 1.97. The van der Waals surface area contributed by atoms with E-state index in [9.17, 15) is 0 Å². The summed E-state index contributed by atoms with van der Waals surface area (Å²) < 4.78 is 5.52. The second kappa shape index (κ2) is 6.16. The molecule has 0 saturated carbocycles. The summed E-state index contributed by atoms with van der Waals surface area (Å²) in [5, 5.41) is 3.97. The van der Waals surface area contributed by atoms with Gasteiger partial charge in [-0.3, -0.25) is 10.7 Å². The molecule has 1 unspecified atom stereocenters. The van der Waals surface area contributed by atoms with Crippen molar-refractivity contribution < 1.29 is 4.74 Å². The van der Waals surface area contributed by atoms with Crippen LogP contribution >= 0.6 is 0 Å². The van der Waals surface area contributed by atoms with Crippen LogP contribution in [-0.4, -0.2) is 18.1 Å². The van der Waals surface area contributed by atoms with Crippen LogP contribution in [0, 0.1) is 0 Å². The summed E-state index contributed by atoms with van der Waals surface area (Å²) in [6, 6.07) is 17.4. The van der Waals surface area contributed by atoms with Crippen LogP contribution in [0.25, 0.3) is 16.5 Å². The molecule has 0 spiro atoms. The standard InChI is InChI=1S/C20H19N5O/c1-26-18-10-3-2-8-15(18)20(22)16(12-24-19(21)25-20)13-6-4-9-17-14(13)7-5-11-23-17/h2-12H,22H2,1H3,(H3,21,24,25). The molecule has 2 heterocycles. The quantitative estimate of drug-likeness (QED) is 0.677. The topological polar surface area (TPSA) is 98.5 Å². The second-order valence-corrected chi connectivity index (χ2v) is 6.04. The van der Waals surface area contributed by atoms with Crippen LogP contribution in [-0.2, 0) is 5.66 Å². The molecular formula is C20H19N5O. The Morgan fingerprint density at radius 2 is 1.88 bits per heavy atom. The Kier molecular flexibility index (Phi) is 3.82. The second-order valence-electron chi connectivity index (χ2n) is 6.04. The molecule has 0 amide bonds. The number of nitrogens with two attached hydrogens (primary N) is 2. The van der Waals surface area contributed by atoms with Crippen molar-refractivity contribution in [1.29, 1.82) is 0 Å². The van der Waals surface area contributed by atoms with Crippen LogP contribution in [0.1, 0.15) is 11.1 Å². The number of rotatable bonds is 3. The number of aromatic nitrogens is 1. The molecule has 6 nitrogen and oxygen atoms in total. The van der Waals surface area contributed by atoms with E-state index >= 15 is 0 Å². The van der Waals surface area contributed by atoms with Gasteiger partial charge < -0.3 is 15.8 Å². The van der Waals surface area contributed by atoms with E-state index in [0.717, 1.165) is 27.6 Å². The van der Waals surface area contributed by atoms with E-state index in [1.165, 1.54) is 0 Å². The molecule has 130 valence electrons. The molecule has 1 atom stereocenters. The molecule has 1 aliphatic heterocycles. The third-order valence-electron chi connectivity index (χ3n) is 4.53. The fraction of sp³-hybridized carbons (Fsp3) is 0.100. The normalized spacial score (nSPS) is 19.5. The highest BCUT2D eigenvalue weighted by Crippen LogP contribution is 2.42. The van der Waals surface area contributed by atoms with Crippen LogP contribution in [0.3, 0.4) is 0 Å². The third-order valence-corrected chi connectivity index (χ3v) is 4.53. The summed E-state index contributed by atoms with van der Waals surface area (Å²) in [4.78, 5) is 8.98. The summed E-state index contributed by atoms with van der Waals surface area (Å²) in [5.74, 6) is 0.901. The largest absolute Gasteiger partial charge is 0.496 e. The van der Waals surface area contributed by atoms with Gasteiger partial charge in [-0.15, -0.1) is 0 Å². The molecule has 0 bridgehead atoms. The number of aliphatic imine (C=N–C) groups is 1. The molecule has 5 N–H and O–H groups in total. The Morgan fingerprint density at radius 3 is 2.73 bits per heavy atom. The predicted octanol–water partition coefficient (Wildman–Crippen LogP) is 2.31. The highest BCUT2D eigenvalue weighted by atomic mass is 16.5. The van der Waals surface area contributed by atoms with Gasteiger partial charge in [0.05, 0.1) is 12.6 Å². The molecule has 1 aliphatic rings. The molecule has 0 radical (unpaired) electrons. The van der Waals surface area contributed by atoms with Gasteiger partial charge in [0, 0.05) is 28.9 Å². The van der Waals surface area contributed by atoms with Gasteiger partial charge >= 0.3 is 0 Å². The van der Waals surface area contributed by atoms with Gasteiger partial charge in [0.15, 0.2) is 11.6 Å². The summed E-state index contributed by atoms with van der Waals surface area (Å²) in [6.45, 7) is 0. The molecule has 26 heavy (non-hydrogen) atoms. The van der Waals surface area contributed by atoms with Crippen molar-refractivity contribution >= 4 is 22.4 Å². The average Bonchev–Trinajstić information content (AvgIpc) is 2.68. The van der Waals surface area contributed by atoms with Crippen molar-refractivity contribution in [3.63, 3.8) is 0 Å². The zero-order valence-corrected chi connectivity index (χ0v) is 14.3. The number of nitrogens with zero attached hydrogens (tertiary/aromatic N) is 2. The van der Waals surface area contributed by atoms with E-state index in [2.05, 4.69) is 15.3 Å². The molecule has 0 aliphatic carbocycles. The summed E-state index contributed by atoms with van der Waals surface area (Å²) in [5.41, 5.74) is 14.9. The number of fused-ring (bicyclic) bond motifs is 1. The summed E-state index contributed by atoms with van der Waals surface area (Å²) >= 11 is 0. The van der Waals surface area contributed by atoms with Crippen molar-refractivity contribution in [2.75, 3.05) is 7.11 Å². The highest BCUT2D eigenvalue weighted by Gasteiger charge is 2.38. The lowest BCUT2D eigenvalue weighted by Gasteiger charge is -2.33. The molecule has 6 heteroatoms. The maximum atomic E-state index is 6.84. The van der Waals surface area contributed by atoms with Crippen LogP contribution < -0.4 is 21.5 Å². The summed E-state index contributed by atoms with van der Waals surface area (Å²) in [7, 11) is 1.61. The van der Waals surface area contributed by atoms with Crippen LogP contribution in [0.2, 0.25) is 0 Å². The monoisotopic (exact) mass is 345 g/mol. The van der Waals surface area contributed by atoms with E-state index in [-0.39, 0.29) is 5.96 Å². The number of guanidine groups is 1. The Bertz CT molecular complexity index is 1040. The van der Waals surface area contributed by atoms with E-state index in [4.69, 9.17) is 16.2 Å². The first-order valence-electron chi connectivity index (χ1n) is 8.22. The van der Waals surface area contributed by atoms with Gasteiger partial charge in [0.2, 0.25) is 0 Å². The van der Waals surface area contributed by atoms with Gasteiger partial charge in [0.25, 0.3) is 0 Å². The molecule has 4 rings (SSSR count). The zero-order valence-electron chi connectivity index (χ0n) is 14.3. The number of pyridine rings is 1. The smallest absolute Gasteiger partial charge is 0.195 e. The molecule has 2 aromatic carbocycles. The first-order chi connectivity index (χ1) is 12.6. The van der Waals surface area contributed by atoms with Crippen LogP contribution in [0.5, 0.6) is 5.75 Å². The minimum absolute atomic E-state index is 0.250. The predicted molar refractivity (Wildman–Crippen MR) is 103 cm³/mol. The Morgan fingerprint density at radius 1 is 1.04 bits per heavy atom. The molecule has 0 fully saturated rings. The Labute approximate surface area is 151 Å². The maximum Gasteiger partial charge on any atom is 0.195 e. The van der Waals surface area contributed by atoms with E-state index in [1.54, 1.807) is 19.5 Å². The lowest BCUT2D eigenvalue weighted by Crippen LogP contribution is -2.45. The maximum absolute atomic E-state index is 6.84. The van der Waals surface area contributed by atoms with E-state index in [1.807, 2.05) is 54.6 Å². The number of methoxy groups -OCH3 is 1. The van der Waals surface area contributed by atoms with Crippen molar-refractivity contribution in [2.24, 2.45) is 16.5 Å². The van der Waals surface area contributed by atoms with Crippen molar-refractivity contribution in [2.45, 2.75) is 5.66 Å². The van der Waals surface area contributed by atoms with Gasteiger partial charge in [-0.05, 0) is 23.8 Å². The van der Waals surface area contributed by atoms with Crippen LogP contribution in [0.15, 0.2) is 72.0 Å². The van der Waals surface area contributed by atoms with Gasteiger partial charge in [0.1, 0.15) is 5.75 Å². The molecular weight excluding hydrogens is 326 g/mol. The minimum Gasteiger partial charge on any atom is -0.496 e. The molecule has 0 saturated heterocycles. The van der Waals surface area contributed by atoms with Gasteiger partial charge in [-0.1, -0.05) is 36.4 Å². The number of para-hydroxylation sites is 1. The lowest BCUT2D eigenvalue weighted by atomic mass is 9.85. The fourth-order valence-corrected chi connectivity index (χ4v) is 3.32.